The van der Waals surface area contributed by atoms with Crippen LogP contribution in [0.25, 0.3) is 0 Å². The van der Waals surface area contributed by atoms with Gasteiger partial charge in [-0.05, 0) is 32.7 Å². The van der Waals surface area contributed by atoms with Crippen molar-refractivity contribution < 1.29 is 18.3 Å². The monoisotopic (exact) mass is 251 g/mol. The molecule has 0 radical (unpaired) electrons. The molecule has 6 heteroatoms. The van der Waals surface area contributed by atoms with Gasteiger partial charge >= 0.3 is 11.2 Å². The van der Waals surface area contributed by atoms with E-state index >= 15 is 0 Å². The fraction of sp³-hybridized carbons (Fsp3) is 0.900. The van der Waals surface area contributed by atoms with E-state index in [1.807, 2.05) is 7.05 Å². The Hall–Kier alpha value is -0.360. The molecule has 3 nitrogen and oxygen atoms in total. The molecule has 2 fully saturated rings. The maximum absolute atomic E-state index is 12.5. The maximum Gasteiger partial charge on any atom is 0.388 e. The standard InChI is InChI=1S/C10H15F2NO2S/c1-13-6-2-3-7(13)5-8(4-6)15-9(14)10(11,12)16/h6-8,16H,2-5H2,1H3. The molecular weight excluding hydrogens is 236 g/mol. The fourth-order valence-electron chi connectivity index (χ4n) is 2.68. The number of thiol groups is 1. The Kier molecular flexibility index (Phi) is 3.13. The van der Waals surface area contributed by atoms with Gasteiger partial charge in [-0.3, -0.25) is 0 Å². The van der Waals surface area contributed by atoms with Crippen LogP contribution in [0.3, 0.4) is 0 Å². The van der Waals surface area contributed by atoms with Crippen LogP contribution < -0.4 is 0 Å². The summed E-state index contributed by atoms with van der Waals surface area (Å²) in [5, 5.41) is -3.68. The van der Waals surface area contributed by atoms with Gasteiger partial charge in [-0.2, -0.15) is 8.78 Å². The SMILES string of the molecule is CN1C2CCC1CC(OC(=O)C(F)(F)S)C2. The highest BCUT2D eigenvalue weighted by Gasteiger charge is 2.43. The van der Waals surface area contributed by atoms with Gasteiger partial charge < -0.3 is 9.64 Å². The summed E-state index contributed by atoms with van der Waals surface area (Å²) in [6.45, 7) is 0. The Morgan fingerprint density at radius 3 is 2.31 bits per heavy atom. The van der Waals surface area contributed by atoms with Crippen molar-refractivity contribution in [3.63, 3.8) is 0 Å². The first-order valence-corrected chi connectivity index (χ1v) is 5.86. The molecule has 2 aliphatic rings. The van der Waals surface area contributed by atoms with E-state index in [-0.39, 0.29) is 6.10 Å². The van der Waals surface area contributed by atoms with Gasteiger partial charge in [0.15, 0.2) is 0 Å². The predicted octanol–water partition coefficient (Wildman–Crippen LogP) is 1.68. The van der Waals surface area contributed by atoms with Crippen molar-refractivity contribution in [1.82, 2.24) is 4.90 Å². The van der Waals surface area contributed by atoms with Crippen molar-refractivity contribution in [3.05, 3.63) is 0 Å². The van der Waals surface area contributed by atoms with Gasteiger partial charge in [-0.25, -0.2) is 4.79 Å². The number of alkyl halides is 2. The van der Waals surface area contributed by atoms with Gasteiger partial charge in [0.2, 0.25) is 0 Å². The summed E-state index contributed by atoms with van der Waals surface area (Å²) in [7, 11) is 2.04. The van der Waals surface area contributed by atoms with E-state index in [1.165, 1.54) is 0 Å². The van der Waals surface area contributed by atoms with Gasteiger partial charge in [0.05, 0.1) is 0 Å². The zero-order chi connectivity index (χ0) is 11.9. The summed E-state index contributed by atoms with van der Waals surface area (Å²) in [6.07, 6.45) is 3.06. The average molecular weight is 251 g/mol. The molecule has 2 aliphatic heterocycles. The smallest absolute Gasteiger partial charge is 0.388 e. The molecule has 0 aromatic carbocycles. The highest BCUT2D eigenvalue weighted by molar-refractivity contribution is 7.82. The van der Waals surface area contributed by atoms with Crippen LogP contribution in [0.2, 0.25) is 0 Å². The normalized spacial score (nSPS) is 35.1. The van der Waals surface area contributed by atoms with Gasteiger partial charge in [-0.1, -0.05) is 12.6 Å². The van der Waals surface area contributed by atoms with Crippen molar-refractivity contribution in [3.8, 4) is 0 Å². The molecule has 2 unspecified atom stereocenters. The van der Waals surface area contributed by atoms with E-state index < -0.39 is 11.2 Å². The zero-order valence-electron chi connectivity index (χ0n) is 9.03. The van der Waals surface area contributed by atoms with E-state index in [9.17, 15) is 13.6 Å². The Balaban J connectivity index is 1.92. The van der Waals surface area contributed by atoms with E-state index in [0.29, 0.717) is 24.9 Å². The third-order valence-corrected chi connectivity index (χ3v) is 3.76. The quantitative estimate of drug-likeness (QED) is 0.598. The number of rotatable bonds is 2. The second-order valence-electron chi connectivity index (χ2n) is 4.59. The van der Waals surface area contributed by atoms with E-state index in [0.717, 1.165) is 12.8 Å². The van der Waals surface area contributed by atoms with Crippen LogP contribution in [0.5, 0.6) is 0 Å². The van der Waals surface area contributed by atoms with Crippen LogP contribution >= 0.6 is 12.6 Å². The number of fused-ring (bicyclic) bond motifs is 2. The Labute approximate surface area is 98.5 Å². The van der Waals surface area contributed by atoms with Crippen molar-refractivity contribution in [2.45, 2.75) is 49.1 Å². The molecule has 0 aromatic heterocycles. The third kappa shape index (κ3) is 2.32. The van der Waals surface area contributed by atoms with Crippen molar-refractivity contribution in [1.29, 1.82) is 0 Å². The van der Waals surface area contributed by atoms with Crippen LogP contribution in [0.4, 0.5) is 8.78 Å². The molecule has 0 amide bonds. The number of nitrogens with zero attached hydrogens (tertiary/aromatic N) is 1. The fourth-order valence-corrected chi connectivity index (χ4v) is 2.73. The largest absolute Gasteiger partial charge is 0.457 e. The lowest BCUT2D eigenvalue weighted by molar-refractivity contribution is -0.168. The van der Waals surface area contributed by atoms with E-state index in [2.05, 4.69) is 17.5 Å². The summed E-state index contributed by atoms with van der Waals surface area (Å²) < 4.78 is 29.9. The Morgan fingerprint density at radius 1 is 1.38 bits per heavy atom. The molecule has 0 aliphatic carbocycles. The van der Waals surface area contributed by atoms with Crippen molar-refractivity contribution in [2.24, 2.45) is 0 Å². The summed E-state index contributed by atoms with van der Waals surface area (Å²) in [5.41, 5.74) is 0. The molecule has 2 bridgehead atoms. The van der Waals surface area contributed by atoms with Crippen molar-refractivity contribution in [2.75, 3.05) is 7.05 Å². The lowest BCUT2D eigenvalue weighted by Gasteiger charge is -2.35. The first-order valence-electron chi connectivity index (χ1n) is 5.41. The number of piperidine rings is 1. The summed E-state index contributed by atoms with van der Waals surface area (Å²) in [5.74, 6) is -1.52. The number of carbonyl (C=O) groups is 1. The minimum atomic E-state index is -3.68. The third-order valence-electron chi connectivity index (χ3n) is 3.57. The Bertz CT molecular complexity index is 281. The number of esters is 1. The number of carbonyl (C=O) groups excluding carboxylic acids is 1. The lowest BCUT2D eigenvalue weighted by atomic mass is 10.0. The molecule has 2 atom stereocenters. The van der Waals surface area contributed by atoms with Gasteiger partial charge in [0, 0.05) is 12.1 Å². The minimum Gasteiger partial charge on any atom is -0.457 e. The van der Waals surface area contributed by atoms with E-state index in [4.69, 9.17) is 4.74 Å². The highest BCUT2D eigenvalue weighted by Crippen LogP contribution is 2.36. The maximum atomic E-state index is 12.5. The second-order valence-corrected chi connectivity index (χ2v) is 5.15. The Morgan fingerprint density at radius 2 is 1.88 bits per heavy atom. The van der Waals surface area contributed by atoms with Crippen LogP contribution in [0.15, 0.2) is 0 Å². The second kappa shape index (κ2) is 4.14. The average Bonchev–Trinajstić information content (AvgIpc) is 2.41. The molecule has 2 saturated heterocycles. The molecule has 0 saturated carbocycles. The molecule has 16 heavy (non-hydrogen) atoms. The number of hydrogen-bond acceptors (Lipinski definition) is 4. The highest BCUT2D eigenvalue weighted by atomic mass is 32.1. The molecule has 92 valence electrons. The van der Waals surface area contributed by atoms with E-state index in [1.54, 1.807) is 0 Å². The van der Waals surface area contributed by atoms with Crippen LogP contribution in [0.1, 0.15) is 25.7 Å². The van der Waals surface area contributed by atoms with Crippen LogP contribution in [0, 0.1) is 0 Å². The number of ether oxygens (including phenoxy) is 1. The van der Waals surface area contributed by atoms with Crippen LogP contribution in [-0.4, -0.2) is 41.4 Å². The minimum absolute atomic E-state index is 0.366. The molecular formula is C10H15F2NO2S. The molecule has 2 rings (SSSR count). The number of halogens is 2. The van der Waals surface area contributed by atoms with Gasteiger partial charge in [0.25, 0.3) is 0 Å². The first-order chi connectivity index (χ1) is 7.38. The number of hydrogen-bond donors (Lipinski definition) is 1. The molecule has 2 heterocycles. The van der Waals surface area contributed by atoms with Gasteiger partial charge in [0.1, 0.15) is 6.10 Å². The molecule has 0 spiro atoms. The zero-order valence-corrected chi connectivity index (χ0v) is 9.92. The van der Waals surface area contributed by atoms with Crippen LogP contribution in [-0.2, 0) is 9.53 Å². The lowest BCUT2D eigenvalue weighted by Crippen LogP contribution is -2.44. The first kappa shape index (κ1) is 12.1. The topological polar surface area (TPSA) is 29.5 Å². The summed E-state index contributed by atoms with van der Waals surface area (Å²) in [6, 6.07) is 0.732. The molecule has 0 N–H and O–H groups in total. The summed E-state index contributed by atoms with van der Waals surface area (Å²) >= 11 is 2.91. The van der Waals surface area contributed by atoms with Gasteiger partial charge in [-0.15, -0.1) is 0 Å². The summed E-state index contributed by atoms with van der Waals surface area (Å²) in [4.78, 5) is 13.2. The molecule has 0 aromatic rings. The predicted molar refractivity (Wildman–Crippen MR) is 57.6 cm³/mol. The van der Waals surface area contributed by atoms with Crippen molar-refractivity contribution >= 4 is 18.6 Å².